The number of benzene rings is 5. The van der Waals surface area contributed by atoms with Crippen molar-refractivity contribution < 1.29 is 13.2 Å². The lowest BCUT2D eigenvalue weighted by Gasteiger charge is -2.13. The molecule has 7 heteroatoms. The third-order valence-electron chi connectivity index (χ3n) is 7.21. The summed E-state index contributed by atoms with van der Waals surface area (Å²) in [6.07, 6.45) is 0. The fourth-order valence-electron chi connectivity index (χ4n) is 5.23. The Labute approximate surface area is 247 Å². The number of para-hydroxylation sites is 2. The number of ketones is 1. The summed E-state index contributed by atoms with van der Waals surface area (Å²) in [7, 11) is -3.92. The minimum Gasteiger partial charge on any atom is -0.287 e. The number of fused-ring (bicyclic) bond motifs is 2. The van der Waals surface area contributed by atoms with Gasteiger partial charge in [-0.3, -0.25) is 8.77 Å². The van der Waals surface area contributed by atoms with Crippen LogP contribution in [0.25, 0.3) is 33.1 Å². The number of hydrogen-bond donors (Lipinski definition) is 0. The summed E-state index contributed by atoms with van der Waals surface area (Å²) in [5.74, 6) is -0.148. The lowest BCUT2D eigenvalue weighted by atomic mass is 10.0. The number of hydrogen-bond acceptors (Lipinski definition) is 4. The quantitative estimate of drug-likeness (QED) is 0.177. The second kappa shape index (κ2) is 10.5. The van der Waals surface area contributed by atoms with E-state index in [2.05, 4.69) is 0 Å². The van der Waals surface area contributed by atoms with Crippen LogP contribution in [-0.2, 0) is 10.0 Å². The first-order chi connectivity index (χ1) is 20.5. The van der Waals surface area contributed by atoms with E-state index in [0.717, 1.165) is 21.2 Å². The van der Waals surface area contributed by atoms with Crippen LogP contribution in [0.15, 0.2) is 155 Å². The Balaban J connectivity index is 1.36. The maximum atomic E-state index is 14.1. The van der Waals surface area contributed by atoms with Crippen LogP contribution in [0, 0.1) is 0 Å². The van der Waals surface area contributed by atoms with Crippen molar-refractivity contribution >= 4 is 49.6 Å². The first-order valence-electron chi connectivity index (χ1n) is 13.4. The van der Waals surface area contributed by atoms with Gasteiger partial charge in [-0.25, -0.2) is 12.4 Å². The Morgan fingerprint density at radius 1 is 0.595 bits per heavy atom. The molecule has 204 valence electrons. The first kappa shape index (κ1) is 26.1. The van der Waals surface area contributed by atoms with Crippen molar-refractivity contribution in [1.29, 1.82) is 0 Å². The largest absolute Gasteiger partial charge is 0.287 e. The number of aromatic nitrogens is 2. The van der Waals surface area contributed by atoms with Gasteiger partial charge in [0.15, 0.2) is 0 Å². The van der Waals surface area contributed by atoms with Crippen LogP contribution in [0.2, 0.25) is 0 Å². The van der Waals surface area contributed by atoms with Gasteiger partial charge >= 0.3 is 0 Å². The van der Waals surface area contributed by atoms with E-state index in [1.165, 1.54) is 15.9 Å². The van der Waals surface area contributed by atoms with Crippen LogP contribution < -0.4 is 0 Å². The van der Waals surface area contributed by atoms with Crippen molar-refractivity contribution in [3.05, 3.63) is 157 Å². The van der Waals surface area contributed by atoms with Crippen LogP contribution in [0.4, 0.5) is 0 Å². The van der Waals surface area contributed by atoms with Gasteiger partial charge in [0.2, 0.25) is 5.78 Å². The van der Waals surface area contributed by atoms with Gasteiger partial charge in [0.25, 0.3) is 10.0 Å². The number of rotatable bonds is 7. The molecule has 0 unspecified atom stereocenters. The van der Waals surface area contributed by atoms with Crippen LogP contribution in [0.5, 0.6) is 0 Å². The SMILES string of the molecule is O=C(c1cccc(-c2cc3ccccc3n2S(=O)(=O)c2ccccc2)c1)c1cc2ccccc2n1Sc1ccccc1. The molecule has 7 aromatic rings. The molecule has 5 aromatic carbocycles. The number of carbonyl (C=O) groups is 1. The Bertz CT molecular complexity index is 2200. The minimum atomic E-state index is -3.92. The smallest absolute Gasteiger partial charge is 0.268 e. The van der Waals surface area contributed by atoms with E-state index < -0.39 is 10.0 Å². The zero-order chi connectivity index (χ0) is 28.7. The normalized spacial score (nSPS) is 11.7. The highest BCUT2D eigenvalue weighted by molar-refractivity contribution is 7.98. The lowest BCUT2D eigenvalue weighted by molar-refractivity contribution is 0.103. The van der Waals surface area contributed by atoms with Crippen LogP contribution in [0.3, 0.4) is 0 Å². The first-order valence-corrected chi connectivity index (χ1v) is 15.6. The fourth-order valence-corrected chi connectivity index (χ4v) is 7.77. The van der Waals surface area contributed by atoms with E-state index in [1.54, 1.807) is 54.6 Å². The zero-order valence-electron chi connectivity index (χ0n) is 22.3. The van der Waals surface area contributed by atoms with Crippen LogP contribution >= 0.6 is 11.9 Å². The molecule has 0 N–H and O–H groups in total. The van der Waals surface area contributed by atoms with Crippen LogP contribution in [-0.4, -0.2) is 22.1 Å². The van der Waals surface area contributed by atoms with Gasteiger partial charge in [-0.15, -0.1) is 0 Å². The molecular weight excluding hydrogens is 561 g/mol. The zero-order valence-corrected chi connectivity index (χ0v) is 23.9. The van der Waals surface area contributed by atoms with E-state index in [9.17, 15) is 13.2 Å². The molecule has 0 aliphatic rings. The third kappa shape index (κ3) is 4.53. The van der Waals surface area contributed by atoms with Gasteiger partial charge in [-0.05, 0) is 72.1 Å². The van der Waals surface area contributed by atoms with E-state index in [4.69, 9.17) is 0 Å². The van der Waals surface area contributed by atoms with Crippen molar-refractivity contribution in [2.24, 2.45) is 0 Å². The van der Waals surface area contributed by atoms with Crippen molar-refractivity contribution in [2.75, 3.05) is 0 Å². The molecule has 0 saturated carbocycles. The predicted molar refractivity (Wildman–Crippen MR) is 169 cm³/mol. The average Bonchev–Trinajstić information content (AvgIpc) is 3.61. The van der Waals surface area contributed by atoms with Crippen molar-refractivity contribution in [2.45, 2.75) is 9.79 Å². The Kier molecular flexibility index (Phi) is 6.53. The lowest BCUT2D eigenvalue weighted by Crippen LogP contribution is -2.14. The summed E-state index contributed by atoms with van der Waals surface area (Å²) in [4.78, 5) is 15.3. The molecule has 0 fully saturated rings. The van der Waals surface area contributed by atoms with Gasteiger partial charge < -0.3 is 0 Å². The maximum Gasteiger partial charge on any atom is 0.268 e. The van der Waals surface area contributed by atoms with Gasteiger partial charge in [-0.2, -0.15) is 0 Å². The van der Waals surface area contributed by atoms with Crippen molar-refractivity contribution in [3.8, 4) is 11.3 Å². The second-order valence-electron chi connectivity index (χ2n) is 9.87. The predicted octanol–water partition coefficient (Wildman–Crippen LogP) is 8.29. The highest BCUT2D eigenvalue weighted by atomic mass is 32.2. The van der Waals surface area contributed by atoms with Gasteiger partial charge in [0.1, 0.15) is 5.69 Å². The maximum absolute atomic E-state index is 14.1. The van der Waals surface area contributed by atoms with Crippen LogP contribution in [0.1, 0.15) is 16.1 Å². The molecule has 0 radical (unpaired) electrons. The molecule has 0 aliphatic heterocycles. The summed E-state index contributed by atoms with van der Waals surface area (Å²) >= 11 is 1.49. The molecule has 0 bridgehead atoms. The van der Waals surface area contributed by atoms with Gasteiger partial charge in [-0.1, -0.05) is 91.0 Å². The summed E-state index contributed by atoms with van der Waals surface area (Å²) in [6.45, 7) is 0. The topological polar surface area (TPSA) is 61.1 Å². The summed E-state index contributed by atoms with van der Waals surface area (Å²) in [5, 5.41) is 1.76. The van der Waals surface area contributed by atoms with E-state index >= 15 is 0 Å². The minimum absolute atomic E-state index is 0.148. The highest BCUT2D eigenvalue weighted by Crippen LogP contribution is 2.34. The van der Waals surface area contributed by atoms with Gasteiger partial charge in [0.05, 0.1) is 21.6 Å². The van der Waals surface area contributed by atoms with Crippen molar-refractivity contribution in [3.63, 3.8) is 0 Å². The molecule has 42 heavy (non-hydrogen) atoms. The van der Waals surface area contributed by atoms with Crippen molar-refractivity contribution in [1.82, 2.24) is 7.94 Å². The van der Waals surface area contributed by atoms with Gasteiger partial charge in [0, 0.05) is 21.2 Å². The molecule has 0 saturated heterocycles. The molecule has 7 rings (SSSR count). The Morgan fingerprint density at radius 3 is 1.95 bits per heavy atom. The molecule has 0 aliphatic carbocycles. The second-order valence-corrected chi connectivity index (χ2v) is 12.7. The summed E-state index contributed by atoms with van der Waals surface area (Å²) in [5.41, 5.74) is 3.66. The van der Waals surface area contributed by atoms with E-state index in [0.29, 0.717) is 28.0 Å². The molecular formula is C35H24N2O3S2. The Hall–Kier alpha value is -4.85. The third-order valence-corrected chi connectivity index (χ3v) is 10.0. The Morgan fingerprint density at radius 2 is 1.21 bits per heavy atom. The summed E-state index contributed by atoms with van der Waals surface area (Å²) in [6, 6.07) is 44.7. The average molecular weight is 585 g/mol. The standard InChI is InChI=1S/C35H24N2O3S2/c38-35(34-24-26-12-7-9-20-31(26)36(34)41-29-16-3-1-4-17-29)28-15-11-14-25(22-28)33-23-27-13-8-10-21-32(27)37(33)42(39,40)30-18-5-2-6-19-30/h1-24H. The number of nitrogens with zero attached hydrogens (tertiary/aromatic N) is 2. The molecule has 2 aromatic heterocycles. The molecule has 5 nitrogen and oxygen atoms in total. The van der Waals surface area contributed by atoms with E-state index in [-0.39, 0.29) is 10.7 Å². The summed E-state index contributed by atoms with van der Waals surface area (Å²) < 4.78 is 31.2. The van der Waals surface area contributed by atoms with E-state index in [1.807, 2.05) is 95.0 Å². The molecule has 0 amide bonds. The highest BCUT2D eigenvalue weighted by Gasteiger charge is 2.25. The molecule has 0 spiro atoms. The fraction of sp³-hybridized carbons (Fsp3) is 0. The molecule has 0 atom stereocenters. The molecule has 2 heterocycles. The number of carbonyl (C=O) groups excluding carboxylic acids is 1. The monoisotopic (exact) mass is 584 g/mol.